The Hall–Kier alpha value is -1.38. The third-order valence-corrected chi connectivity index (χ3v) is 2.72. The topological polar surface area (TPSA) is 12.4 Å². The highest BCUT2D eigenvalue weighted by molar-refractivity contribution is 6.33. The van der Waals surface area contributed by atoms with Crippen LogP contribution in [0.2, 0.25) is 10.0 Å². The summed E-state index contributed by atoms with van der Waals surface area (Å²) < 4.78 is 13.4. The van der Waals surface area contributed by atoms with Crippen LogP contribution in [0.4, 0.5) is 10.1 Å². The highest BCUT2D eigenvalue weighted by atomic mass is 35.5. The average Bonchev–Trinajstić information content (AvgIpc) is 2.28. The fourth-order valence-corrected chi connectivity index (χ4v) is 1.73. The van der Waals surface area contributed by atoms with E-state index < -0.39 is 5.82 Å². The lowest BCUT2D eigenvalue weighted by Crippen LogP contribution is -1.88. The fraction of sp³-hybridized carbons (Fsp3) is 0. The van der Waals surface area contributed by atoms with Crippen LogP contribution in [-0.4, -0.2) is 6.21 Å². The maximum Gasteiger partial charge on any atom is 0.133 e. The van der Waals surface area contributed by atoms with Gasteiger partial charge in [0.05, 0.1) is 10.7 Å². The molecule has 4 heteroatoms. The maximum absolute atomic E-state index is 13.4. The van der Waals surface area contributed by atoms with E-state index in [1.54, 1.807) is 36.4 Å². The van der Waals surface area contributed by atoms with E-state index in [0.29, 0.717) is 15.7 Å². The van der Waals surface area contributed by atoms with Gasteiger partial charge in [-0.15, -0.1) is 0 Å². The molecule has 0 aromatic heterocycles. The molecular weight excluding hydrogens is 260 g/mol. The number of hydrogen-bond donors (Lipinski definition) is 0. The Labute approximate surface area is 109 Å². The Morgan fingerprint density at radius 1 is 1.06 bits per heavy atom. The third kappa shape index (κ3) is 3.05. The van der Waals surface area contributed by atoms with Gasteiger partial charge < -0.3 is 0 Å². The van der Waals surface area contributed by atoms with Crippen LogP contribution < -0.4 is 0 Å². The van der Waals surface area contributed by atoms with E-state index in [4.69, 9.17) is 23.2 Å². The first kappa shape index (κ1) is 12.1. The van der Waals surface area contributed by atoms with Crippen molar-refractivity contribution in [2.75, 3.05) is 0 Å². The quantitative estimate of drug-likeness (QED) is 0.688. The van der Waals surface area contributed by atoms with Crippen LogP contribution >= 0.6 is 23.2 Å². The van der Waals surface area contributed by atoms with Crippen LogP contribution in [0.15, 0.2) is 47.5 Å². The minimum atomic E-state index is -0.400. The van der Waals surface area contributed by atoms with Gasteiger partial charge in [-0.05, 0) is 30.3 Å². The fourth-order valence-electron chi connectivity index (χ4n) is 1.33. The molecule has 0 saturated heterocycles. The van der Waals surface area contributed by atoms with E-state index in [9.17, 15) is 4.39 Å². The highest BCUT2D eigenvalue weighted by Crippen LogP contribution is 2.20. The van der Waals surface area contributed by atoms with Gasteiger partial charge in [-0.1, -0.05) is 35.3 Å². The highest BCUT2D eigenvalue weighted by Gasteiger charge is 2.03. The normalized spacial score (nSPS) is 11.0. The third-order valence-electron chi connectivity index (χ3n) is 2.15. The van der Waals surface area contributed by atoms with E-state index >= 15 is 0 Å². The summed E-state index contributed by atoms with van der Waals surface area (Å²) in [6.07, 6.45) is 1.39. The molecule has 2 rings (SSSR count). The van der Waals surface area contributed by atoms with Crippen molar-refractivity contribution in [2.45, 2.75) is 0 Å². The zero-order valence-corrected chi connectivity index (χ0v) is 10.2. The molecule has 0 heterocycles. The summed E-state index contributed by atoms with van der Waals surface area (Å²) in [4.78, 5) is 4.13. The van der Waals surface area contributed by atoms with Gasteiger partial charge in [-0.3, -0.25) is 4.99 Å². The standard InChI is InChI=1S/C13H8Cl2FN/c14-9-3-1-4-10(7-9)17-8-11-12(15)5-2-6-13(11)16/h1-8H. The molecule has 1 nitrogen and oxygen atoms in total. The van der Waals surface area contributed by atoms with Crippen molar-refractivity contribution in [1.29, 1.82) is 0 Å². The summed E-state index contributed by atoms with van der Waals surface area (Å²) in [5.41, 5.74) is 0.922. The summed E-state index contributed by atoms with van der Waals surface area (Å²) in [6.45, 7) is 0. The van der Waals surface area contributed by atoms with Crippen LogP contribution in [0.3, 0.4) is 0 Å². The molecule has 2 aromatic rings. The molecule has 0 aliphatic carbocycles. The van der Waals surface area contributed by atoms with Crippen molar-refractivity contribution >= 4 is 35.1 Å². The smallest absolute Gasteiger partial charge is 0.133 e. The average molecular weight is 268 g/mol. The second-order valence-corrected chi connectivity index (χ2v) is 4.22. The summed E-state index contributed by atoms with van der Waals surface area (Å²) in [5, 5.41) is 0.912. The Bertz CT molecular complexity index is 547. The van der Waals surface area contributed by atoms with Gasteiger partial charge in [0.1, 0.15) is 5.82 Å². The van der Waals surface area contributed by atoms with Gasteiger partial charge in [-0.2, -0.15) is 0 Å². The molecular formula is C13H8Cl2FN. The van der Waals surface area contributed by atoms with Crippen molar-refractivity contribution in [3.05, 3.63) is 63.9 Å². The lowest BCUT2D eigenvalue weighted by molar-refractivity contribution is 0.626. The molecule has 0 atom stereocenters. The van der Waals surface area contributed by atoms with Gasteiger partial charge in [0, 0.05) is 16.8 Å². The summed E-state index contributed by atoms with van der Waals surface area (Å²) in [6, 6.07) is 11.5. The van der Waals surface area contributed by atoms with Crippen molar-refractivity contribution in [1.82, 2.24) is 0 Å². The molecule has 2 aromatic carbocycles. The Morgan fingerprint density at radius 3 is 2.53 bits per heavy atom. The minimum Gasteiger partial charge on any atom is -0.256 e. The van der Waals surface area contributed by atoms with E-state index in [0.717, 1.165) is 0 Å². The van der Waals surface area contributed by atoms with E-state index in [-0.39, 0.29) is 5.56 Å². The number of aliphatic imine (C=N–C) groups is 1. The van der Waals surface area contributed by atoms with Crippen molar-refractivity contribution in [2.24, 2.45) is 4.99 Å². The van der Waals surface area contributed by atoms with E-state index in [2.05, 4.69) is 4.99 Å². The Balaban J connectivity index is 2.32. The first-order valence-electron chi connectivity index (χ1n) is 4.90. The van der Waals surface area contributed by atoms with Crippen LogP contribution in [0.5, 0.6) is 0 Å². The molecule has 0 radical (unpaired) electrons. The number of nitrogens with zero attached hydrogens (tertiary/aromatic N) is 1. The Morgan fingerprint density at radius 2 is 1.82 bits per heavy atom. The molecule has 0 N–H and O–H groups in total. The molecule has 0 unspecified atom stereocenters. The van der Waals surface area contributed by atoms with Crippen molar-refractivity contribution < 1.29 is 4.39 Å². The van der Waals surface area contributed by atoms with E-state index in [1.807, 2.05) is 0 Å². The lowest BCUT2D eigenvalue weighted by Gasteiger charge is -1.99. The van der Waals surface area contributed by atoms with Gasteiger partial charge in [0.25, 0.3) is 0 Å². The molecule has 0 bridgehead atoms. The van der Waals surface area contributed by atoms with Crippen molar-refractivity contribution in [3.8, 4) is 0 Å². The molecule has 0 amide bonds. The monoisotopic (exact) mass is 267 g/mol. The second-order valence-electron chi connectivity index (χ2n) is 3.37. The largest absolute Gasteiger partial charge is 0.256 e. The molecule has 0 aliphatic rings. The van der Waals surface area contributed by atoms with Crippen LogP contribution in [0.25, 0.3) is 0 Å². The first-order chi connectivity index (χ1) is 8.16. The summed E-state index contributed by atoms with van der Waals surface area (Å²) in [7, 11) is 0. The SMILES string of the molecule is Fc1cccc(Cl)c1C=Nc1cccc(Cl)c1. The number of halogens is 3. The maximum atomic E-state index is 13.4. The summed E-state index contributed by atoms with van der Waals surface area (Å²) in [5.74, 6) is -0.400. The molecule has 0 fully saturated rings. The van der Waals surface area contributed by atoms with E-state index in [1.165, 1.54) is 12.3 Å². The predicted molar refractivity (Wildman–Crippen MR) is 70.1 cm³/mol. The number of rotatable bonds is 2. The second kappa shape index (κ2) is 5.30. The van der Waals surface area contributed by atoms with Crippen LogP contribution in [-0.2, 0) is 0 Å². The van der Waals surface area contributed by atoms with Gasteiger partial charge in [0.15, 0.2) is 0 Å². The molecule has 0 aliphatic heterocycles. The van der Waals surface area contributed by atoms with Gasteiger partial charge in [0.2, 0.25) is 0 Å². The molecule has 86 valence electrons. The zero-order chi connectivity index (χ0) is 12.3. The minimum absolute atomic E-state index is 0.272. The number of hydrogen-bond acceptors (Lipinski definition) is 1. The van der Waals surface area contributed by atoms with Crippen molar-refractivity contribution in [3.63, 3.8) is 0 Å². The Kier molecular flexibility index (Phi) is 3.77. The number of benzene rings is 2. The zero-order valence-electron chi connectivity index (χ0n) is 8.70. The summed E-state index contributed by atoms with van der Waals surface area (Å²) >= 11 is 11.7. The molecule has 0 saturated carbocycles. The van der Waals surface area contributed by atoms with Crippen LogP contribution in [0.1, 0.15) is 5.56 Å². The predicted octanol–water partition coefficient (Wildman–Crippen LogP) is 4.88. The molecule has 0 spiro atoms. The first-order valence-corrected chi connectivity index (χ1v) is 5.66. The van der Waals surface area contributed by atoms with Crippen LogP contribution in [0, 0.1) is 5.82 Å². The molecule has 17 heavy (non-hydrogen) atoms. The van der Waals surface area contributed by atoms with Gasteiger partial charge >= 0.3 is 0 Å². The lowest BCUT2D eigenvalue weighted by atomic mass is 10.2. The van der Waals surface area contributed by atoms with Gasteiger partial charge in [-0.25, -0.2) is 4.39 Å².